The predicted molar refractivity (Wildman–Crippen MR) is 107 cm³/mol. The van der Waals surface area contributed by atoms with Crippen molar-refractivity contribution in [3.63, 3.8) is 0 Å². The van der Waals surface area contributed by atoms with Gasteiger partial charge in [-0.1, -0.05) is 20.8 Å². The summed E-state index contributed by atoms with van der Waals surface area (Å²) < 4.78 is 5.79. The molecule has 148 valence electrons. The lowest BCUT2D eigenvalue weighted by Crippen LogP contribution is -2.47. The van der Waals surface area contributed by atoms with Crippen LogP contribution in [-0.2, 0) is 4.74 Å². The average molecular weight is 372 g/mol. The van der Waals surface area contributed by atoms with Crippen LogP contribution in [0.2, 0.25) is 0 Å². The van der Waals surface area contributed by atoms with E-state index in [4.69, 9.17) is 4.74 Å². The third kappa shape index (κ3) is 3.04. The number of hydrogen-bond donors (Lipinski definition) is 1. The number of ether oxygens (including phenoxy) is 1. The van der Waals surface area contributed by atoms with E-state index in [-0.39, 0.29) is 29.6 Å². The molecule has 2 heterocycles. The molecule has 3 fully saturated rings. The van der Waals surface area contributed by atoms with Crippen LogP contribution in [0.15, 0.2) is 18.3 Å². The molecule has 0 aromatic carbocycles. The Morgan fingerprint density at radius 2 is 1.93 bits per heavy atom. The normalized spacial score (nSPS) is 37.4. The fraction of sp³-hybridized carbons (Fsp3) is 0.727. The molecule has 0 radical (unpaired) electrons. The van der Waals surface area contributed by atoms with Gasteiger partial charge in [0.2, 0.25) is 0 Å². The first-order valence-corrected chi connectivity index (χ1v) is 10.4. The maximum atomic E-state index is 12.8. The number of anilines is 1. The number of carbonyl (C=O) groups excluding carboxylic acids is 1. The van der Waals surface area contributed by atoms with Crippen LogP contribution in [0.5, 0.6) is 0 Å². The van der Waals surface area contributed by atoms with Crippen LogP contribution in [0, 0.1) is 16.7 Å². The Balaban J connectivity index is 1.43. The molecule has 4 rings (SSSR count). The van der Waals surface area contributed by atoms with Gasteiger partial charge >= 0.3 is 0 Å². The Hall–Kier alpha value is -1.62. The van der Waals surface area contributed by atoms with Crippen molar-refractivity contribution in [2.45, 2.75) is 72.1 Å². The molecular weight excluding hydrogens is 338 g/mol. The first-order valence-electron chi connectivity index (χ1n) is 10.4. The zero-order valence-electron chi connectivity index (χ0n) is 17.3. The van der Waals surface area contributed by atoms with Gasteiger partial charge in [-0.25, -0.2) is 4.98 Å². The lowest BCUT2D eigenvalue weighted by Gasteiger charge is -2.39. The second kappa shape index (κ2) is 6.47. The zero-order valence-corrected chi connectivity index (χ0v) is 17.3. The van der Waals surface area contributed by atoms with Crippen LogP contribution in [0.3, 0.4) is 0 Å². The van der Waals surface area contributed by atoms with E-state index in [1.807, 2.05) is 12.1 Å². The van der Waals surface area contributed by atoms with Crippen molar-refractivity contribution in [2.24, 2.45) is 16.7 Å². The van der Waals surface area contributed by atoms with Crippen molar-refractivity contribution < 1.29 is 9.53 Å². The van der Waals surface area contributed by atoms with E-state index < -0.39 is 0 Å². The van der Waals surface area contributed by atoms with Crippen LogP contribution in [0.25, 0.3) is 0 Å². The number of fused-ring (bicyclic) bond motifs is 2. The molecule has 5 heteroatoms. The number of rotatable bonds is 3. The number of nitrogens with zero attached hydrogens (tertiary/aromatic N) is 2. The molecule has 3 aliphatic rings. The minimum Gasteiger partial charge on any atom is -0.372 e. The van der Waals surface area contributed by atoms with Gasteiger partial charge in [-0.2, -0.15) is 0 Å². The van der Waals surface area contributed by atoms with Crippen LogP contribution in [0.4, 0.5) is 5.82 Å². The Morgan fingerprint density at radius 3 is 2.44 bits per heavy atom. The van der Waals surface area contributed by atoms with E-state index in [1.165, 1.54) is 12.8 Å². The standard InChI is InChI=1S/C22H33N3O2/c1-14-12-25(13-15(2)27-14)19-7-6-16(11-23-19)20(26)24-18-10-17-8-9-22(18,5)21(17,3)4/h6-7,11,14-15,17-18H,8-10,12-13H2,1-5H3,(H,24,26)/t14-,15+,17-,18+,22-/m1/s1. The number of nitrogens with one attached hydrogen (secondary N) is 1. The minimum absolute atomic E-state index is 0.00680. The van der Waals surface area contributed by atoms with Crippen molar-refractivity contribution in [1.29, 1.82) is 0 Å². The van der Waals surface area contributed by atoms with E-state index >= 15 is 0 Å². The van der Waals surface area contributed by atoms with Gasteiger partial charge in [0.1, 0.15) is 5.82 Å². The highest BCUT2D eigenvalue weighted by atomic mass is 16.5. The summed E-state index contributed by atoms with van der Waals surface area (Å²) in [6.07, 6.45) is 5.71. The quantitative estimate of drug-likeness (QED) is 0.881. The highest BCUT2D eigenvalue weighted by Gasteiger charge is 2.61. The van der Waals surface area contributed by atoms with Gasteiger partial charge in [0.15, 0.2) is 0 Å². The van der Waals surface area contributed by atoms with E-state index in [9.17, 15) is 4.79 Å². The molecule has 0 unspecified atom stereocenters. The van der Waals surface area contributed by atoms with Crippen molar-refractivity contribution in [3.05, 3.63) is 23.9 Å². The van der Waals surface area contributed by atoms with Crippen molar-refractivity contribution in [2.75, 3.05) is 18.0 Å². The first kappa shape index (κ1) is 18.7. The van der Waals surface area contributed by atoms with Crippen LogP contribution in [0.1, 0.15) is 64.2 Å². The summed E-state index contributed by atoms with van der Waals surface area (Å²) >= 11 is 0. The lowest BCUT2D eigenvalue weighted by atomic mass is 9.69. The molecule has 27 heavy (non-hydrogen) atoms. The topological polar surface area (TPSA) is 54.5 Å². The Kier molecular flexibility index (Phi) is 4.49. The number of carbonyl (C=O) groups is 1. The molecular formula is C22H33N3O2. The molecule has 5 atom stereocenters. The molecule has 1 aromatic rings. The smallest absolute Gasteiger partial charge is 0.253 e. The molecule has 0 spiro atoms. The van der Waals surface area contributed by atoms with Gasteiger partial charge in [0.25, 0.3) is 5.91 Å². The summed E-state index contributed by atoms with van der Waals surface area (Å²) in [5, 5.41) is 3.32. The summed E-state index contributed by atoms with van der Waals surface area (Å²) in [7, 11) is 0. The fourth-order valence-corrected chi connectivity index (χ4v) is 5.74. The Labute approximate surface area is 162 Å². The van der Waals surface area contributed by atoms with Crippen LogP contribution < -0.4 is 10.2 Å². The number of aromatic nitrogens is 1. The third-order valence-electron chi connectivity index (χ3n) is 7.85. The maximum absolute atomic E-state index is 12.8. The van der Waals surface area contributed by atoms with Gasteiger partial charge in [-0.3, -0.25) is 4.79 Å². The molecule has 1 aromatic heterocycles. The number of morpholine rings is 1. The Bertz CT molecular complexity index is 707. The van der Waals surface area contributed by atoms with E-state index in [0.717, 1.165) is 31.2 Å². The van der Waals surface area contributed by atoms with Crippen molar-refractivity contribution in [1.82, 2.24) is 10.3 Å². The third-order valence-corrected chi connectivity index (χ3v) is 7.85. The number of pyridine rings is 1. The fourth-order valence-electron chi connectivity index (χ4n) is 5.74. The molecule has 5 nitrogen and oxygen atoms in total. The first-order chi connectivity index (χ1) is 12.7. The second-order valence-corrected chi connectivity index (χ2v) is 9.70. The Morgan fingerprint density at radius 1 is 1.22 bits per heavy atom. The maximum Gasteiger partial charge on any atom is 0.253 e. The zero-order chi connectivity index (χ0) is 19.4. The molecule has 1 amide bonds. The van der Waals surface area contributed by atoms with Crippen molar-refractivity contribution >= 4 is 11.7 Å². The number of hydrogen-bond acceptors (Lipinski definition) is 4. The molecule has 2 aliphatic carbocycles. The van der Waals surface area contributed by atoms with E-state index in [1.54, 1.807) is 6.20 Å². The molecule has 1 N–H and O–H groups in total. The molecule has 2 saturated carbocycles. The van der Waals surface area contributed by atoms with E-state index in [0.29, 0.717) is 11.0 Å². The molecule has 1 aliphatic heterocycles. The molecule has 1 saturated heterocycles. The largest absolute Gasteiger partial charge is 0.372 e. The monoisotopic (exact) mass is 371 g/mol. The highest BCUT2D eigenvalue weighted by molar-refractivity contribution is 5.94. The minimum atomic E-state index is 0.00680. The lowest BCUT2D eigenvalue weighted by molar-refractivity contribution is -0.00546. The summed E-state index contributed by atoms with van der Waals surface area (Å²) in [5.74, 6) is 1.65. The second-order valence-electron chi connectivity index (χ2n) is 9.70. The van der Waals surface area contributed by atoms with Gasteiger partial charge in [0.05, 0.1) is 17.8 Å². The SMILES string of the molecule is C[C@@H]1CN(c2ccc(C(=O)N[C@H]3C[C@H]4CC[C@@]3(C)C4(C)C)cn2)C[C@H](C)O1. The van der Waals surface area contributed by atoms with E-state index in [2.05, 4.69) is 49.8 Å². The molecule has 2 bridgehead atoms. The summed E-state index contributed by atoms with van der Waals surface area (Å²) in [4.78, 5) is 19.6. The van der Waals surface area contributed by atoms with Crippen LogP contribution in [-0.4, -0.2) is 42.2 Å². The van der Waals surface area contributed by atoms with Gasteiger partial charge in [-0.15, -0.1) is 0 Å². The van der Waals surface area contributed by atoms with Gasteiger partial charge in [-0.05, 0) is 62.0 Å². The van der Waals surface area contributed by atoms with Gasteiger partial charge in [0, 0.05) is 25.3 Å². The number of amides is 1. The van der Waals surface area contributed by atoms with Crippen molar-refractivity contribution in [3.8, 4) is 0 Å². The highest BCUT2D eigenvalue weighted by Crippen LogP contribution is 2.65. The summed E-state index contributed by atoms with van der Waals surface area (Å²) in [6, 6.07) is 4.13. The summed E-state index contributed by atoms with van der Waals surface area (Å²) in [5.41, 5.74) is 1.15. The van der Waals surface area contributed by atoms with Gasteiger partial charge < -0.3 is 15.0 Å². The predicted octanol–water partition coefficient (Wildman–Crippen LogP) is 3.64. The van der Waals surface area contributed by atoms with Crippen LogP contribution >= 0.6 is 0 Å². The average Bonchev–Trinajstić information content (AvgIpc) is 2.94. The summed E-state index contributed by atoms with van der Waals surface area (Å²) in [6.45, 7) is 12.9.